The highest BCUT2D eigenvalue weighted by molar-refractivity contribution is 9.10. The molecule has 0 saturated carbocycles. The van der Waals surface area contributed by atoms with E-state index in [0.717, 1.165) is 11.4 Å². The number of aromatic nitrogens is 1. The number of rotatable bonds is 2. The Balaban J connectivity index is 2.34. The van der Waals surface area contributed by atoms with Gasteiger partial charge in [-0.1, -0.05) is 0 Å². The summed E-state index contributed by atoms with van der Waals surface area (Å²) >= 11 is 3.17. The smallest absolute Gasteiger partial charge is 0.137 e. The van der Waals surface area contributed by atoms with Crippen LogP contribution < -0.4 is 4.90 Å². The molecule has 2 aromatic rings. The van der Waals surface area contributed by atoms with Gasteiger partial charge < -0.3 is 4.90 Å². The summed E-state index contributed by atoms with van der Waals surface area (Å²) in [7, 11) is 1.93. The van der Waals surface area contributed by atoms with Gasteiger partial charge in [0.15, 0.2) is 0 Å². The molecule has 0 atom stereocenters. The Bertz CT molecular complexity index is 488. The third-order valence-corrected chi connectivity index (χ3v) is 2.95. The average Bonchev–Trinajstić information content (AvgIpc) is 2.33. The van der Waals surface area contributed by atoms with Crippen molar-refractivity contribution < 1.29 is 4.39 Å². The van der Waals surface area contributed by atoms with Gasteiger partial charge >= 0.3 is 0 Å². The minimum atomic E-state index is -0.258. The molecule has 16 heavy (non-hydrogen) atoms. The van der Waals surface area contributed by atoms with E-state index in [1.807, 2.05) is 24.1 Å². The van der Waals surface area contributed by atoms with Gasteiger partial charge in [-0.3, -0.25) is 4.98 Å². The summed E-state index contributed by atoms with van der Waals surface area (Å²) < 4.78 is 13.6. The summed E-state index contributed by atoms with van der Waals surface area (Å²) in [6.07, 6.45) is 3.45. The molecule has 2 nitrogen and oxygen atoms in total. The van der Waals surface area contributed by atoms with Crippen LogP contribution in [0.1, 0.15) is 0 Å². The van der Waals surface area contributed by atoms with Gasteiger partial charge in [-0.2, -0.15) is 0 Å². The zero-order chi connectivity index (χ0) is 11.5. The second-order valence-corrected chi connectivity index (χ2v) is 4.22. The van der Waals surface area contributed by atoms with E-state index in [1.54, 1.807) is 24.5 Å². The Morgan fingerprint density at radius 2 is 1.81 bits per heavy atom. The highest BCUT2D eigenvalue weighted by Gasteiger charge is 2.06. The Labute approximate surface area is 102 Å². The van der Waals surface area contributed by atoms with Crippen molar-refractivity contribution in [2.24, 2.45) is 0 Å². The molecule has 0 amide bonds. The monoisotopic (exact) mass is 280 g/mol. The van der Waals surface area contributed by atoms with Crippen LogP contribution in [0.5, 0.6) is 0 Å². The van der Waals surface area contributed by atoms with Gasteiger partial charge in [0, 0.05) is 30.8 Å². The van der Waals surface area contributed by atoms with Gasteiger partial charge in [0.25, 0.3) is 0 Å². The second-order valence-electron chi connectivity index (χ2n) is 3.36. The van der Waals surface area contributed by atoms with Crippen LogP contribution in [0.3, 0.4) is 0 Å². The molecule has 0 aliphatic rings. The molecule has 0 bridgehead atoms. The van der Waals surface area contributed by atoms with E-state index in [4.69, 9.17) is 0 Å². The lowest BCUT2D eigenvalue weighted by atomic mass is 10.2. The van der Waals surface area contributed by atoms with Gasteiger partial charge in [-0.15, -0.1) is 0 Å². The molecule has 0 radical (unpaired) electrons. The van der Waals surface area contributed by atoms with Gasteiger partial charge in [0.1, 0.15) is 5.82 Å². The van der Waals surface area contributed by atoms with Gasteiger partial charge in [-0.05, 0) is 46.3 Å². The maximum Gasteiger partial charge on any atom is 0.137 e. The first-order valence-electron chi connectivity index (χ1n) is 4.77. The first-order chi connectivity index (χ1) is 7.68. The first kappa shape index (κ1) is 11.1. The van der Waals surface area contributed by atoms with Crippen molar-refractivity contribution in [1.82, 2.24) is 4.98 Å². The molecule has 0 unspecified atom stereocenters. The number of halogens is 2. The average molecular weight is 281 g/mol. The zero-order valence-electron chi connectivity index (χ0n) is 8.69. The van der Waals surface area contributed by atoms with Gasteiger partial charge in [0.05, 0.1) is 4.47 Å². The number of hydrogen-bond donors (Lipinski definition) is 0. The summed E-state index contributed by atoms with van der Waals surface area (Å²) in [6, 6.07) is 8.72. The highest BCUT2D eigenvalue weighted by atomic mass is 79.9. The molecule has 0 aliphatic heterocycles. The fourth-order valence-electron chi connectivity index (χ4n) is 1.41. The maximum atomic E-state index is 13.1. The number of benzene rings is 1. The lowest BCUT2D eigenvalue weighted by molar-refractivity contribution is 0.621. The quantitative estimate of drug-likeness (QED) is 0.833. The summed E-state index contributed by atoms with van der Waals surface area (Å²) in [5.74, 6) is -0.258. The molecule has 0 N–H and O–H groups in total. The molecule has 0 spiro atoms. The van der Waals surface area contributed by atoms with Crippen molar-refractivity contribution in [3.8, 4) is 0 Å². The summed E-state index contributed by atoms with van der Waals surface area (Å²) in [4.78, 5) is 5.92. The fourth-order valence-corrected chi connectivity index (χ4v) is 1.78. The Hall–Kier alpha value is -1.42. The van der Waals surface area contributed by atoms with Crippen molar-refractivity contribution in [3.05, 3.63) is 53.0 Å². The number of hydrogen-bond acceptors (Lipinski definition) is 2. The molecule has 0 aliphatic carbocycles. The second kappa shape index (κ2) is 4.61. The van der Waals surface area contributed by atoms with Crippen molar-refractivity contribution in [3.63, 3.8) is 0 Å². The van der Waals surface area contributed by atoms with Crippen molar-refractivity contribution in [2.45, 2.75) is 0 Å². The van der Waals surface area contributed by atoms with E-state index < -0.39 is 0 Å². The van der Waals surface area contributed by atoms with E-state index >= 15 is 0 Å². The predicted octanol–water partition coefficient (Wildman–Crippen LogP) is 3.75. The highest BCUT2D eigenvalue weighted by Crippen LogP contribution is 2.27. The van der Waals surface area contributed by atoms with E-state index in [9.17, 15) is 4.39 Å². The van der Waals surface area contributed by atoms with Crippen LogP contribution in [0.4, 0.5) is 15.8 Å². The van der Waals surface area contributed by atoms with Crippen molar-refractivity contribution in [2.75, 3.05) is 11.9 Å². The molecular weight excluding hydrogens is 271 g/mol. The number of pyridine rings is 1. The predicted molar refractivity (Wildman–Crippen MR) is 66.4 cm³/mol. The molecule has 82 valence electrons. The summed E-state index contributed by atoms with van der Waals surface area (Å²) in [6.45, 7) is 0. The molecule has 2 rings (SSSR count). The number of anilines is 2. The summed E-state index contributed by atoms with van der Waals surface area (Å²) in [5.41, 5.74) is 1.92. The SMILES string of the molecule is CN(c1ccncc1)c1ccc(F)c(Br)c1. The van der Waals surface area contributed by atoms with Crippen molar-refractivity contribution >= 4 is 27.3 Å². The topological polar surface area (TPSA) is 16.1 Å². The van der Waals surface area contributed by atoms with Crippen LogP contribution in [0.25, 0.3) is 0 Å². The molecule has 1 aromatic heterocycles. The van der Waals surface area contributed by atoms with E-state index in [0.29, 0.717) is 4.47 Å². The Morgan fingerprint density at radius 3 is 2.44 bits per heavy atom. The lowest BCUT2D eigenvalue weighted by Crippen LogP contribution is -2.09. The van der Waals surface area contributed by atoms with Crippen LogP contribution in [0.2, 0.25) is 0 Å². The summed E-state index contributed by atoms with van der Waals surface area (Å²) in [5, 5.41) is 0. The molecular formula is C12H10BrFN2. The van der Waals surface area contributed by atoms with Crippen LogP contribution >= 0.6 is 15.9 Å². The minimum absolute atomic E-state index is 0.258. The van der Waals surface area contributed by atoms with Crippen molar-refractivity contribution in [1.29, 1.82) is 0 Å². The van der Waals surface area contributed by atoms with Gasteiger partial charge in [-0.25, -0.2) is 4.39 Å². The van der Waals surface area contributed by atoms with E-state index in [-0.39, 0.29) is 5.82 Å². The molecule has 1 aromatic carbocycles. The normalized spacial score (nSPS) is 10.2. The fraction of sp³-hybridized carbons (Fsp3) is 0.0833. The number of nitrogens with zero attached hydrogens (tertiary/aromatic N) is 2. The molecule has 4 heteroatoms. The van der Waals surface area contributed by atoms with E-state index in [2.05, 4.69) is 20.9 Å². The standard InChI is InChI=1S/C12H10BrFN2/c1-16(9-4-6-15-7-5-9)10-2-3-12(14)11(13)8-10/h2-8H,1H3. The minimum Gasteiger partial charge on any atom is -0.344 e. The third kappa shape index (κ3) is 2.22. The van der Waals surface area contributed by atoms with Crippen LogP contribution in [-0.4, -0.2) is 12.0 Å². The lowest BCUT2D eigenvalue weighted by Gasteiger charge is -2.19. The van der Waals surface area contributed by atoms with Crippen LogP contribution in [0.15, 0.2) is 47.2 Å². The van der Waals surface area contributed by atoms with E-state index in [1.165, 1.54) is 6.07 Å². The first-order valence-corrected chi connectivity index (χ1v) is 5.56. The molecule has 0 saturated heterocycles. The maximum absolute atomic E-state index is 13.1. The largest absolute Gasteiger partial charge is 0.344 e. The van der Waals surface area contributed by atoms with Gasteiger partial charge in [0.2, 0.25) is 0 Å². The third-order valence-electron chi connectivity index (χ3n) is 2.34. The molecule has 0 fully saturated rings. The van der Waals surface area contributed by atoms with Crippen LogP contribution in [-0.2, 0) is 0 Å². The zero-order valence-corrected chi connectivity index (χ0v) is 10.3. The molecule has 1 heterocycles. The van der Waals surface area contributed by atoms with Crippen LogP contribution in [0, 0.1) is 5.82 Å². The Kier molecular flexibility index (Phi) is 3.19. The Morgan fingerprint density at radius 1 is 1.12 bits per heavy atom.